The van der Waals surface area contributed by atoms with Gasteiger partial charge in [-0.05, 0) is 18.2 Å². The number of hydrogen-bond donors (Lipinski definition) is 1. The standard InChI is InChI=1S/C9H10ClNO2/c10-4-5-13-8-3-1-2-7(6-8)9(11)12/h1-3,6H,4-5H2,(H2,11,12). The van der Waals surface area contributed by atoms with Crippen LogP contribution in [0.15, 0.2) is 24.3 Å². The molecule has 0 aliphatic heterocycles. The Morgan fingerprint density at radius 2 is 2.31 bits per heavy atom. The summed E-state index contributed by atoms with van der Waals surface area (Å²) in [6.07, 6.45) is 0. The highest BCUT2D eigenvalue weighted by Crippen LogP contribution is 2.12. The molecule has 13 heavy (non-hydrogen) atoms. The van der Waals surface area contributed by atoms with Gasteiger partial charge in [-0.15, -0.1) is 11.6 Å². The average Bonchev–Trinajstić information content (AvgIpc) is 2.15. The minimum atomic E-state index is -0.462. The maximum atomic E-state index is 10.8. The maximum Gasteiger partial charge on any atom is 0.248 e. The normalized spacial score (nSPS) is 9.62. The molecule has 0 spiro atoms. The number of alkyl halides is 1. The van der Waals surface area contributed by atoms with Gasteiger partial charge >= 0.3 is 0 Å². The highest BCUT2D eigenvalue weighted by molar-refractivity contribution is 6.18. The molecular formula is C9H10ClNO2. The summed E-state index contributed by atoms with van der Waals surface area (Å²) in [6, 6.07) is 6.69. The molecule has 1 rings (SSSR count). The lowest BCUT2D eigenvalue weighted by atomic mass is 10.2. The van der Waals surface area contributed by atoms with Crippen molar-refractivity contribution in [2.24, 2.45) is 5.73 Å². The highest BCUT2D eigenvalue weighted by Gasteiger charge is 2.00. The van der Waals surface area contributed by atoms with E-state index in [1.165, 1.54) is 0 Å². The molecule has 0 saturated heterocycles. The van der Waals surface area contributed by atoms with E-state index in [1.807, 2.05) is 0 Å². The molecule has 1 amide bonds. The Hall–Kier alpha value is -1.22. The molecule has 4 heteroatoms. The molecule has 70 valence electrons. The largest absolute Gasteiger partial charge is 0.492 e. The van der Waals surface area contributed by atoms with Crippen molar-refractivity contribution < 1.29 is 9.53 Å². The maximum absolute atomic E-state index is 10.8. The van der Waals surface area contributed by atoms with E-state index in [9.17, 15) is 4.79 Å². The first-order valence-electron chi connectivity index (χ1n) is 3.82. The third kappa shape index (κ3) is 2.95. The molecule has 1 aromatic carbocycles. The predicted molar refractivity (Wildman–Crippen MR) is 51.2 cm³/mol. The highest BCUT2D eigenvalue weighted by atomic mass is 35.5. The Bertz CT molecular complexity index is 301. The van der Waals surface area contributed by atoms with Gasteiger partial charge in [-0.25, -0.2) is 0 Å². The monoisotopic (exact) mass is 199 g/mol. The SMILES string of the molecule is NC(=O)c1cccc(OCCCl)c1. The molecule has 0 aliphatic rings. The van der Waals surface area contributed by atoms with Crippen LogP contribution in [0.1, 0.15) is 10.4 Å². The summed E-state index contributed by atoms with van der Waals surface area (Å²) >= 11 is 5.44. The molecule has 0 heterocycles. The molecule has 0 bridgehead atoms. The van der Waals surface area contributed by atoms with Gasteiger partial charge in [0.05, 0.1) is 5.88 Å². The number of carbonyl (C=O) groups is 1. The summed E-state index contributed by atoms with van der Waals surface area (Å²) < 4.78 is 5.21. The number of hydrogen-bond acceptors (Lipinski definition) is 2. The first kappa shape index (κ1) is 9.86. The van der Waals surface area contributed by atoms with Gasteiger partial charge in [0, 0.05) is 5.56 Å². The summed E-state index contributed by atoms with van der Waals surface area (Å²) in [6.45, 7) is 0.420. The van der Waals surface area contributed by atoms with Crippen molar-refractivity contribution in [2.45, 2.75) is 0 Å². The van der Waals surface area contributed by atoms with Gasteiger partial charge in [0.1, 0.15) is 12.4 Å². The van der Waals surface area contributed by atoms with Crippen LogP contribution in [-0.2, 0) is 0 Å². The number of ether oxygens (including phenoxy) is 1. The molecule has 0 aromatic heterocycles. The number of primary amides is 1. The van der Waals surface area contributed by atoms with Crippen LogP contribution in [0.3, 0.4) is 0 Å². The van der Waals surface area contributed by atoms with E-state index in [0.29, 0.717) is 23.8 Å². The van der Waals surface area contributed by atoms with E-state index in [2.05, 4.69) is 0 Å². The number of rotatable bonds is 4. The zero-order valence-electron chi connectivity index (χ0n) is 7.00. The van der Waals surface area contributed by atoms with Crippen LogP contribution in [0.25, 0.3) is 0 Å². The Kier molecular flexibility index (Phi) is 3.58. The lowest BCUT2D eigenvalue weighted by Crippen LogP contribution is -2.10. The molecule has 0 fully saturated rings. The van der Waals surface area contributed by atoms with Gasteiger partial charge in [0.15, 0.2) is 0 Å². The van der Waals surface area contributed by atoms with E-state index in [0.717, 1.165) is 0 Å². The second kappa shape index (κ2) is 4.72. The first-order valence-corrected chi connectivity index (χ1v) is 4.36. The van der Waals surface area contributed by atoms with Crippen molar-refractivity contribution in [3.05, 3.63) is 29.8 Å². The summed E-state index contributed by atoms with van der Waals surface area (Å²) in [5.41, 5.74) is 5.53. The molecule has 0 unspecified atom stereocenters. The molecule has 0 aliphatic carbocycles. The quantitative estimate of drug-likeness (QED) is 0.746. The molecular weight excluding hydrogens is 190 g/mol. The van der Waals surface area contributed by atoms with Crippen LogP contribution in [-0.4, -0.2) is 18.4 Å². The van der Waals surface area contributed by atoms with E-state index < -0.39 is 5.91 Å². The molecule has 3 nitrogen and oxygen atoms in total. The summed E-state index contributed by atoms with van der Waals surface area (Å²) in [4.78, 5) is 10.8. The van der Waals surface area contributed by atoms with Crippen LogP contribution < -0.4 is 10.5 Å². The van der Waals surface area contributed by atoms with Crippen molar-refractivity contribution in [1.82, 2.24) is 0 Å². The molecule has 0 radical (unpaired) electrons. The summed E-state index contributed by atoms with van der Waals surface area (Å²) in [5, 5.41) is 0. The van der Waals surface area contributed by atoms with Gasteiger partial charge in [0.2, 0.25) is 5.91 Å². The fraction of sp³-hybridized carbons (Fsp3) is 0.222. The van der Waals surface area contributed by atoms with Gasteiger partial charge in [-0.2, -0.15) is 0 Å². The Balaban J connectivity index is 2.73. The van der Waals surface area contributed by atoms with Gasteiger partial charge in [0.25, 0.3) is 0 Å². The summed E-state index contributed by atoms with van der Waals surface area (Å²) in [7, 11) is 0. The van der Waals surface area contributed by atoms with Crippen LogP contribution in [0.4, 0.5) is 0 Å². The summed E-state index contributed by atoms with van der Waals surface area (Å²) in [5.74, 6) is 0.564. The Labute approximate surface area is 81.4 Å². The predicted octanol–water partition coefficient (Wildman–Crippen LogP) is 1.40. The van der Waals surface area contributed by atoms with E-state index in [4.69, 9.17) is 22.1 Å². The second-order valence-corrected chi connectivity index (χ2v) is 2.81. The zero-order valence-corrected chi connectivity index (χ0v) is 7.75. The lowest BCUT2D eigenvalue weighted by molar-refractivity contribution is 0.1000. The fourth-order valence-electron chi connectivity index (χ4n) is 0.896. The number of halogens is 1. The third-order valence-electron chi connectivity index (χ3n) is 1.46. The van der Waals surface area contributed by atoms with Gasteiger partial charge < -0.3 is 10.5 Å². The number of benzene rings is 1. The molecule has 0 saturated carbocycles. The average molecular weight is 200 g/mol. The van der Waals surface area contributed by atoms with Crippen molar-refractivity contribution in [1.29, 1.82) is 0 Å². The zero-order chi connectivity index (χ0) is 9.68. The van der Waals surface area contributed by atoms with Crippen molar-refractivity contribution in [3.63, 3.8) is 0 Å². The smallest absolute Gasteiger partial charge is 0.248 e. The van der Waals surface area contributed by atoms with Gasteiger partial charge in [-0.1, -0.05) is 6.07 Å². The van der Waals surface area contributed by atoms with Crippen molar-refractivity contribution in [3.8, 4) is 5.75 Å². The van der Waals surface area contributed by atoms with Crippen LogP contribution in [0.5, 0.6) is 5.75 Å². The van der Waals surface area contributed by atoms with Gasteiger partial charge in [-0.3, -0.25) is 4.79 Å². The second-order valence-electron chi connectivity index (χ2n) is 2.43. The van der Waals surface area contributed by atoms with Crippen molar-refractivity contribution in [2.75, 3.05) is 12.5 Å². The number of nitrogens with two attached hydrogens (primary N) is 1. The van der Waals surface area contributed by atoms with E-state index in [-0.39, 0.29) is 0 Å². The molecule has 0 atom stereocenters. The minimum absolute atomic E-state index is 0.417. The third-order valence-corrected chi connectivity index (χ3v) is 1.62. The van der Waals surface area contributed by atoms with Crippen LogP contribution >= 0.6 is 11.6 Å². The van der Waals surface area contributed by atoms with Crippen LogP contribution in [0.2, 0.25) is 0 Å². The minimum Gasteiger partial charge on any atom is -0.492 e. The van der Waals surface area contributed by atoms with Crippen molar-refractivity contribution >= 4 is 17.5 Å². The van der Waals surface area contributed by atoms with Crippen LogP contribution in [0, 0.1) is 0 Å². The fourth-order valence-corrected chi connectivity index (χ4v) is 0.973. The molecule has 1 aromatic rings. The Morgan fingerprint density at radius 3 is 2.92 bits per heavy atom. The molecule has 2 N–H and O–H groups in total. The van der Waals surface area contributed by atoms with E-state index in [1.54, 1.807) is 24.3 Å². The topological polar surface area (TPSA) is 52.3 Å². The Morgan fingerprint density at radius 1 is 1.54 bits per heavy atom. The first-order chi connectivity index (χ1) is 6.24. The number of carbonyl (C=O) groups excluding carboxylic acids is 1. The lowest BCUT2D eigenvalue weighted by Gasteiger charge is -2.04. The van der Waals surface area contributed by atoms with E-state index >= 15 is 0 Å². The number of amides is 1.